The summed E-state index contributed by atoms with van der Waals surface area (Å²) in [5.74, 6) is -0.618. The van der Waals surface area contributed by atoms with E-state index in [1.165, 1.54) is 0 Å². The number of thiazole rings is 1. The molecule has 0 aliphatic carbocycles. The molecule has 1 aromatic heterocycles. The Morgan fingerprint density at radius 2 is 2.37 bits per heavy atom. The average molecular weight is 341 g/mol. The van der Waals surface area contributed by atoms with Gasteiger partial charge in [-0.2, -0.15) is 0 Å². The van der Waals surface area contributed by atoms with Gasteiger partial charge in [0.25, 0.3) is 0 Å². The van der Waals surface area contributed by atoms with E-state index in [0.717, 1.165) is 17.2 Å². The van der Waals surface area contributed by atoms with E-state index in [-0.39, 0.29) is 5.56 Å². The molecule has 100 valence electrons. The third kappa shape index (κ3) is 3.54. The van der Waals surface area contributed by atoms with Gasteiger partial charge >= 0.3 is 5.97 Å². The smallest absolute Gasteiger partial charge is 0.336 e. The molecular weight excluding hydrogens is 328 g/mol. The standard InChI is InChI=1S/C13H13BrN2O2S/c1-8(12-15-4-5-19-12)7-16-9-2-3-10(13(17)18)11(14)6-9/h2-6,8,16H,7H2,1H3,(H,17,18). The van der Waals surface area contributed by atoms with Gasteiger partial charge in [-0.3, -0.25) is 0 Å². The molecule has 1 unspecified atom stereocenters. The zero-order valence-electron chi connectivity index (χ0n) is 10.3. The summed E-state index contributed by atoms with van der Waals surface area (Å²) in [4.78, 5) is 15.2. The first kappa shape index (κ1) is 14.0. The van der Waals surface area contributed by atoms with Gasteiger partial charge in [0, 0.05) is 34.2 Å². The highest BCUT2D eigenvalue weighted by atomic mass is 79.9. The summed E-state index contributed by atoms with van der Waals surface area (Å²) < 4.78 is 0.576. The summed E-state index contributed by atoms with van der Waals surface area (Å²) in [5, 5.41) is 15.3. The molecule has 0 fully saturated rings. The molecule has 1 atom stereocenters. The lowest BCUT2D eigenvalue weighted by atomic mass is 10.1. The van der Waals surface area contributed by atoms with Gasteiger partial charge in [0.1, 0.15) is 0 Å². The fraction of sp³-hybridized carbons (Fsp3) is 0.231. The lowest BCUT2D eigenvalue weighted by Gasteiger charge is -2.12. The molecule has 0 aliphatic heterocycles. The second-order valence-electron chi connectivity index (χ2n) is 4.15. The van der Waals surface area contributed by atoms with Crippen LogP contribution in [-0.2, 0) is 0 Å². The van der Waals surface area contributed by atoms with Gasteiger partial charge in [0.15, 0.2) is 0 Å². The largest absolute Gasteiger partial charge is 0.478 e. The SMILES string of the molecule is CC(CNc1ccc(C(=O)O)c(Br)c1)c1nccs1. The molecule has 0 radical (unpaired) electrons. The van der Waals surface area contributed by atoms with E-state index in [0.29, 0.717) is 10.4 Å². The van der Waals surface area contributed by atoms with Crippen molar-refractivity contribution in [2.45, 2.75) is 12.8 Å². The van der Waals surface area contributed by atoms with Crippen molar-refractivity contribution in [2.75, 3.05) is 11.9 Å². The van der Waals surface area contributed by atoms with Crippen LogP contribution in [0.1, 0.15) is 28.2 Å². The van der Waals surface area contributed by atoms with Crippen LogP contribution in [0.3, 0.4) is 0 Å². The number of hydrogen-bond donors (Lipinski definition) is 2. The number of nitrogens with zero attached hydrogens (tertiary/aromatic N) is 1. The van der Waals surface area contributed by atoms with Crippen LogP contribution in [0.25, 0.3) is 0 Å². The molecule has 0 aliphatic rings. The third-order valence-electron chi connectivity index (χ3n) is 2.68. The van der Waals surface area contributed by atoms with Gasteiger partial charge in [-0.25, -0.2) is 9.78 Å². The molecule has 2 aromatic rings. The number of carboxylic acids is 1. The number of halogens is 1. The van der Waals surface area contributed by atoms with Crippen molar-refractivity contribution in [1.82, 2.24) is 4.98 Å². The van der Waals surface area contributed by atoms with Crippen molar-refractivity contribution in [3.63, 3.8) is 0 Å². The molecule has 0 amide bonds. The summed E-state index contributed by atoms with van der Waals surface area (Å²) in [6.45, 7) is 2.86. The number of aromatic nitrogens is 1. The normalized spacial score (nSPS) is 12.1. The zero-order chi connectivity index (χ0) is 13.8. The van der Waals surface area contributed by atoms with Crippen LogP contribution in [0.4, 0.5) is 5.69 Å². The van der Waals surface area contributed by atoms with Crippen molar-refractivity contribution in [3.8, 4) is 0 Å². The molecule has 0 saturated carbocycles. The molecule has 1 aromatic carbocycles. The van der Waals surface area contributed by atoms with Gasteiger partial charge < -0.3 is 10.4 Å². The van der Waals surface area contributed by atoms with Crippen LogP contribution in [0.2, 0.25) is 0 Å². The third-order valence-corrected chi connectivity index (χ3v) is 4.35. The second kappa shape index (κ2) is 6.16. The second-order valence-corrected chi connectivity index (χ2v) is 5.93. The fourth-order valence-corrected chi connectivity index (χ4v) is 2.88. The number of anilines is 1. The quantitative estimate of drug-likeness (QED) is 0.868. The van der Waals surface area contributed by atoms with Crippen molar-refractivity contribution >= 4 is 38.9 Å². The molecular formula is C13H13BrN2O2S. The molecule has 2 N–H and O–H groups in total. The number of carboxylic acid groups (broad SMARTS) is 1. The van der Waals surface area contributed by atoms with Crippen molar-refractivity contribution in [3.05, 3.63) is 44.8 Å². The molecule has 6 heteroatoms. The predicted molar refractivity (Wildman–Crippen MR) is 80.1 cm³/mol. The summed E-state index contributed by atoms with van der Waals surface area (Å²) >= 11 is 4.90. The van der Waals surface area contributed by atoms with Crippen LogP contribution in [-0.4, -0.2) is 22.6 Å². The maximum absolute atomic E-state index is 10.9. The minimum atomic E-state index is -0.936. The first-order valence-electron chi connectivity index (χ1n) is 5.74. The Balaban J connectivity index is 2.00. The molecule has 0 bridgehead atoms. The average Bonchev–Trinajstić information content (AvgIpc) is 2.89. The molecule has 19 heavy (non-hydrogen) atoms. The van der Waals surface area contributed by atoms with Crippen LogP contribution >= 0.6 is 27.3 Å². The van der Waals surface area contributed by atoms with E-state index < -0.39 is 5.97 Å². The Morgan fingerprint density at radius 1 is 1.58 bits per heavy atom. The summed E-state index contributed by atoms with van der Waals surface area (Å²) in [7, 11) is 0. The summed E-state index contributed by atoms with van der Waals surface area (Å²) in [5.41, 5.74) is 1.15. The maximum atomic E-state index is 10.9. The summed E-state index contributed by atoms with van der Waals surface area (Å²) in [6.07, 6.45) is 1.80. The number of aromatic carboxylic acids is 1. The Labute approximate surface area is 123 Å². The highest BCUT2D eigenvalue weighted by molar-refractivity contribution is 9.10. The topological polar surface area (TPSA) is 62.2 Å². The van der Waals surface area contributed by atoms with E-state index in [2.05, 4.69) is 33.2 Å². The predicted octanol–water partition coefficient (Wildman–Crippen LogP) is 3.82. The van der Waals surface area contributed by atoms with Gasteiger partial charge in [-0.05, 0) is 34.1 Å². The molecule has 2 rings (SSSR count). The first-order valence-corrected chi connectivity index (χ1v) is 7.41. The lowest BCUT2D eigenvalue weighted by molar-refractivity contribution is 0.0696. The van der Waals surface area contributed by atoms with Crippen molar-refractivity contribution < 1.29 is 9.90 Å². The molecule has 0 saturated heterocycles. The highest BCUT2D eigenvalue weighted by Gasteiger charge is 2.10. The van der Waals surface area contributed by atoms with Crippen LogP contribution < -0.4 is 5.32 Å². The Kier molecular flexibility index (Phi) is 4.55. The lowest BCUT2D eigenvalue weighted by Crippen LogP contribution is -2.10. The minimum Gasteiger partial charge on any atom is -0.478 e. The Bertz CT molecular complexity index is 572. The van der Waals surface area contributed by atoms with E-state index in [4.69, 9.17) is 5.11 Å². The van der Waals surface area contributed by atoms with Gasteiger partial charge in [-0.1, -0.05) is 6.92 Å². The fourth-order valence-electron chi connectivity index (χ4n) is 1.63. The minimum absolute atomic E-state index is 0.263. The highest BCUT2D eigenvalue weighted by Crippen LogP contribution is 2.23. The monoisotopic (exact) mass is 340 g/mol. The Hall–Kier alpha value is -1.40. The maximum Gasteiger partial charge on any atom is 0.336 e. The molecule has 1 heterocycles. The van der Waals surface area contributed by atoms with Crippen molar-refractivity contribution in [1.29, 1.82) is 0 Å². The van der Waals surface area contributed by atoms with Crippen LogP contribution in [0, 0.1) is 0 Å². The van der Waals surface area contributed by atoms with Gasteiger partial charge in [0.2, 0.25) is 0 Å². The zero-order valence-corrected chi connectivity index (χ0v) is 12.7. The van der Waals surface area contributed by atoms with E-state index in [1.807, 2.05) is 5.38 Å². The number of benzene rings is 1. The van der Waals surface area contributed by atoms with Crippen LogP contribution in [0.5, 0.6) is 0 Å². The van der Waals surface area contributed by atoms with E-state index in [9.17, 15) is 4.79 Å². The molecule has 4 nitrogen and oxygen atoms in total. The van der Waals surface area contributed by atoms with Gasteiger partial charge in [-0.15, -0.1) is 11.3 Å². The van der Waals surface area contributed by atoms with Gasteiger partial charge in [0.05, 0.1) is 10.6 Å². The molecule has 0 spiro atoms. The van der Waals surface area contributed by atoms with E-state index in [1.54, 1.807) is 35.7 Å². The number of nitrogens with one attached hydrogen (secondary N) is 1. The van der Waals surface area contributed by atoms with E-state index >= 15 is 0 Å². The Morgan fingerprint density at radius 3 is 2.95 bits per heavy atom. The van der Waals surface area contributed by atoms with Crippen molar-refractivity contribution in [2.24, 2.45) is 0 Å². The first-order chi connectivity index (χ1) is 9.08. The number of rotatable bonds is 5. The van der Waals surface area contributed by atoms with Crippen LogP contribution in [0.15, 0.2) is 34.2 Å². The summed E-state index contributed by atoms with van der Waals surface area (Å²) in [6, 6.07) is 5.13. The number of hydrogen-bond acceptors (Lipinski definition) is 4. The number of carbonyl (C=O) groups is 1.